The molecule has 0 saturated carbocycles. The van der Waals surface area contributed by atoms with Gasteiger partial charge >= 0.3 is 0 Å². The Bertz CT molecular complexity index is 442. The van der Waals surface area contributed by atoms with Crippen molar-refractivity contribution in [3.05, 3.63) is 42.2 Å². The highest BCUT2D eigenvalue weighted by atomic mass is 15.3. The highest BCUT2D eigenvalue weighted by Gasteiger charge is 1.96. The molecule has 0 amide bonds. The quantitative estimate of drug-likeness (QED) is 0.612. The number of aromatic nitrogens is 2. The number of hydrogen-bond acceptors (Lipinski definition) is 3. The molecule has 17 heavy (non-hydrogen) atoms. The Kier molecular flexibility index (Phi) is 3.65. The standard InChI is InChI=1S/C13H18N4/c1-11-8-12(14)10-13(9-11)15-4-2-6-17-7-3-5-16-17/h3,5,7-10,15H,2,4,6,14H2,1H3. The third-order valence-electron chi connectivity index (χ3n) is 2.55. The summed E-state index contributed by atoms with van der Waals surface area (Å²) in [6.45, 7) is 3.90. The number of rotatable bonds is 5. The smallest absolute Gasteiger partial charge is 0.0489 e. The summed E-state index contributed by atoms with van der Waals surface area (Å²) in [7, 11) is 0. The van der Waals surface area contributed by atoms with E-state index >= 15 is 0 Å². The van der Waals surface area contributed by atoms with Gasteiger partial charge in [-0.1, -0.05) is 0 Å². The summed E-state index contributed by atoms with van der Waals surface area (Å²) in [5, 5.41) is 7.53. The largest absolute Gasteiger partial charge is 0.399 e. The molecule has 0 spiro atoms. The molecule has 0 radical (unpaired) electrons. The van der Waals surface area contributed by atoms with Gasteiger partial charge in [0.1, 0.15) is 0 Å². The Balaban J connectivity index is 1.78. The van der Waals surface area contributed by atoms with Crippen molar-refractivity contribution in [1.29, 1.82) is 0 Å². The molecule has 0 saturated heterocycles. The van der Waals surface area contributed by atoms with Crippen LogP contribution < -0.4 is 11.1 Å². The van der Waals surface area contributed by atoms with E-state index in [0.717, 1.165) is 30.9 Å². The Hall–Kier alpha value is -1.97. The molecular formula is C13H18N4. The molecule has 0 bridgehead atoms. The van der Waals surface area contributed by atoms with E-state index in [1.54, 1.807) is 6.20 Å². The molecule has 3 N–H and O–H groups in total. The number of nitrogens with two attached hydrogens (primary N) is 1. The molecule has 90 valence electrons. The van der Waals surface area contributed by atoms with Crippen LogP contribution in [0.5, 0.6) is 0 Å². The van der Waals surface area contributed by atoms with Gasteiger partial charge in [-0.05, 0) is 43.2 Å². The van der Waals surface area contributed by atoms with Gasteiger partial charge in [-0.25, -0.2) is 0 Å². The molecule has 0 atom stereocenters. The van der Waals surface area contributed by atoms with Crippen LogP contribution in [0.15, 0.2) is 36.7 Å². The van der Waals surface area contributed by atoms with Gasteiger partial charge in [0.2, 0.25) is 0 Å². The fraction of sp³-hybridized carbons (Fsp3) is 0.308. The lowest BCUT2D eigenvalue weighted by atomic mass is 10.2. The van der Waals surface area contributed by atoms with Crippen molar-refractivity contribution in [3.8, 4) is 0 Å². The summed E-state index contributed by atoms with van der Waals surface area (Å²) in [5.41, 5.74) is 8.86. The fourth-order valence-electron chi connectivity index (χ4n) is 1.82. The molecule has 0 fully saturated rings. The van der Waals surface area contributed by atoms with E-state index in [1.165, 1.54) is 5.56 Å². The van der Waals surface area contributed by atoms with E-state index in [1.807, 2.05) is 36.0 Å². The molecule has 0 unspecified atom stereocenters. The number of aryl methyl sites for hydroxylation is 2. The highest BCUT2D eigenvalue weighted by Crippen LogP contribution is 2.15. The second kappa shape index (κ2) is 5.39. The normalized spacial score (nSPS) is 10.4. The monoisotopic (exact) mass is 230 g/mol. The maximum Gasteiger partial charge on any atom is 0.0489 e. The first-order valence-electron chi connectivity index (χ1n) is 5.82. The van der Waals surface area contributed by atoms with E-state index in [4.69, 9.17) is 5.73 Å². The molecule has 0 aliphatic heterocycles. The summed E-state index contributed by atoms with van der Waals surface area (Å²) in [5.74, 6) is 0. The maximum absolute atomic E-state index is 5.79. The number of nitrogens with zero attached hydrogens (tertiary/aromatic N) is 2. The lowest BCUT2D eigenvalue weighted by Gasteiger charge is -2.08. The average molecular weight is 230 g/mol. The minimum atomic E-state index is 0.805. The van der Waals surface area contributed by atoms with Crippen molar-refractivity contribution in [2.24, 2.45) is 0 Å². The van der Waals surface area contributed by atoms with Gasteiger partial charge in [0.25, 0.3) is 0 Å². The number of nitrogen functional groups attached to an aromatic ring is 1. The third kappa shape index (κ3) is 3.52. The predicted octanol–water partition coefficient (Wildman–Crippen LogP) is 2.28. The zero-order valence-corrected chi connectivity index (χ0v) is 10.1. The lowest BCUT2D eigenvalue weighted by molar-refractivity contribution is 0.592. The summed E-state index contributed by atoms with van der Waals surface area (Å²) < 4.78 is 1.94. The van der Waals surface area contributed by atoms with Crippen LogP contribution in [0.25, 0.3) is 0 Å². The topological polar surface area (TPSA) is 55.9 Å². The molecule has 0 aliphatic rings. The first kappa shape index (κ1) is 11.5. The van der Waals surface area contributed by atoms with Crippen LogP contribution in [-0.4, -0.2) is 16.3 Å². The van der Waals surface area contributed by atoms with E-state index in [9.17, 15) is 0 Å². The second-order valence-corrected chi connectivity index (χ2v) is 4.18. The molecule has 1 heterocycles. The van der Waals surface area contributed by atoms with Crippen LogP contribution in [0, 0.1) is 6.92 Å². The number of anilines is 2. The van der Waals surface area contributed by atoms with Gasteiger partial charge in [-0.2, -0.15) is 5.10 Å². The van der Waals surface area contributed by atoms with Crippen LogP contribution in [0.3, 0.4) is 0 Å². The van der Waals surface area contributed by atoms with Crippen molar-refractivity contribution in [3.63, 3.8) is 0 Å². The Morgan fingerprint density at radius 2 is 2.24 bits per heavy atom. The Morgan fingerprint density at radius 3 is 2.94 bits per heavy atom. The molecule has 4 nitrogen and oxygen atoms in total. The van der Waals surface area contributed by atoms with Crippen LogP contribution in [0.1, 0.15) is 12.0 Å². The Morgan fingerprint density at radius 1 is 1.35 bits per heavy atom. The predicted molar refractivity (Wildman–Crippen MR) is 70.9 cm³/mol. The van der Waals surface area contributed by atoms with Crippen molar-refractivity contribution in [2.45, 2.75) is 19.9 Å². The fourth-order valence-corrected chi connectivity index (χ4v) is 1.82. The van der Waals surface area contributed by atoms with Gasteiger partial charge in [-0.3, -0.25) is 4.68 Å². The minimum Gasteiger partial charge on any atom is -0.399 e. The van der Waals surface area contributed by atoms with Gasteiger partial charge < -0.3 is 11.1 Å². The summed E-state index contributed by atoms with van der Waals surface area (Å²) >= 11 is 0. The Labute approximate surface area is 101 Å². The van der Waals surface area contributed by atoms with E-state index in [2.05, 4.69) is 16.5 Å². The molecule has 0 aliphatic carbocycles. The van der Waals surface area contributed by atoms with Crippen LogP contribution in [0.2, 0.25) is 0 Å². The van der Waals surface area contributed by atoms with Gasteiger partial charge in [0.05, 0.1) is 0 Å². The van der Waals surface area contributed by atoms with Crippen LogP contribution in [-0.2, 0) is 6.54 Å². The molecule has 1 aromatic carbocycles. The van der Waals surface area contributed by atoms with Crippen molar-refractivity contribution < 1.29 is 0 Å². The van der Waals surface area contributed by atoms with Gasteiger partial charge in [0, 0.05) is 36.9 Å². The SMILES string of the molecule is Cc1cc(N)cc(NCCCn2cccn2)c1. The average Bonchev–Trinajstić information content (AvgIpc) is 2.76. The van der Waals surface area contributed by atoms with Crippen molar-refractivity contribution in [2.75, 3.05) is 17.6 Å². The molecule has 1 aromatic heterocycles. The highest BCUT2D eigenvalue weighted by molar-refractivity contribution is 5.56. The van der Waals surface area contributed by atoms with Gasteiger partial charge in [0.15, 0.2) is 0 Å². The first-order chi connectivity index (χ1) is 8.24. The number of hydrogen-bond donors (Lipinski definition) is 2. The second-order valence-electron chi connectivity index (χ2n) is 4.18. The van der Waals surface area contributed by atoms with E-state index < -0.39 is 0 Å². The molecule has 4 heteroatoms. The number of nitrogens with one attached hydrogen (secondary N) is 1. The van der Waals surface area contributed by atoms with E-state index in [0.29, 0.717) is 0 Å². The van der Waals surface area contributed by atoms with Crippen LogP contribution >= 0.6 is 0 Å². The molecule has 2 aromatic rings. The summed E-state index contributed by atoms with van der Waals surface area (Å²) in [6.07, 6.45) is 4.81. The summed E-state index contributed by atoms with van der Waals surface area (Å²) in [6, 6.07) is 7.97. The van der Waals surface area contributed by atoms with E-state index in [-0.39, 0.29) is 0 Å². The third-order valence-corrected chi connectivity index (χ3v) is 2.55. The first-order valence-corrected chi connectivity index (χ1v) is 5.82. The maximum atomic E-state index is 5.79. The van der Waals surface area contributed by atoms with Crippen molar-refractivity contribution in [1.82, 2.24) is 9.78 Å². The zero-order valence-electron chi connectivity index (χ0n) is 10.1. The van der Waals surface area contributed by atoms with Crippen molar-refractivity contribution >= 4 is 11.4 Å². The zero-order chi connectivity index (χ0) is 12.1. The summed E-state index contributed by atoms with van der Waals surface area (Å²) in [4.78, 5) is 0. The number of benzene rings is 1. The van der Waals surface area contributed by atoms with Crippen LogP contribution in [0.4, 0.5) is 11.4 Å². The molecular weight excluding hydrogens is 212 g/mol. The minimum absolute atomic E-state index is 0.805. The van der Waals surface area contributed by atoms with Gasteiger partial charge in [-0.15, -0.1) is 0 Å². The lowest BCUT2D eigenvalue weighted by Crippen LogP contribution is -2.07. The molecule has 2 rings (SSSR count).